The molecule has 1 aromatic carbocycles. The van der Waals surface area contributed by atoms with Crippen LogP contribution in [0.1, 0.15) is 22.8 Å². The van der Waals surface area contributed by atoms with Crippen LogP contribution in [0.25, 0.3) is 5.69 Å². The maximum atomic E-state index is 11.8. The molecule has 0 amide bonds. The highest BCUT2D eigenvalue weighted by Crippen LogP contribution is 2.28. The third kappa shape index (κ3) is 1.28. The van der Waals surface area contributed by atoms with Crippen LogP contribution < -0.4 is 0 Å². The van der Waals surface area contributed by atoms with E-state index in [-0.39, 0.29) is 11.7 Å². The predicted molar refractivity (Wildman–Crippen MR) is 60.8 cm³/mol. The first-order valence-electron chi connectivity index (χ1n) is 5.41. The summed E-state index contributed by atoms with van der Waals surface area (Å²) in [6.07, 6.45) is 6.28. The van der Waals surface area contributed by atoms with Crippen molar-refractivity contribution in [1.29, 1.82) is 0 Å². The molecule has 0 saturated carbocycles. The number of carbonyl (C=O) groups is 1. The molecule has 3 rings (SSSR count). The minimum Gasteiger partial charge on any atom is -0.306 e. The second-order valence-corrected chi connectivity index (χ2v) is 4.28. The summed E-state index contributed by atoms with van der Waals surface area (Å²) < 4.78 is 1.95. The van der Waals surface area contributed by atoms with Gasteiger partial charge in [-0.1, -0.05) is 6.92 Å². The molecule has 3 heteroatoms. The molecule has 0 fully saturated rings. The molecule has 3 nitrogen and oxygen atoms in total. The molecular formula is C13H12N2O. The fourth-order valence-electron chi connectivity index (χ4n) is 2.25. The molecule has 2 aromatic rings. The van der Waals surface area contributed by atoms with Gasteiger partial charge < -0.3 is 4.57 Å². The first-order valence-corrected chi connectivity index (χ1v) is 5.41. The highest BCUT2D eigenvalue weighted by molar-refractivity contribution is 6.02. The van der Waals surface area contributed by atoms with E-state index in [1.165, 1.54) is 0 Å². The Hall–Kier alpha value is -1.90. The maximum absolute atomic E-state index is 11.8. The maximum Gasteiger partial charge on any atom is 0.166 e. The van der Waals surface area contributed by atoms with Crippen molar-refractivity contribution < 1.29 is 4.79 Å². The molecule has 80 valence electrons. The van der Waals surface area contributed by atoms with Gasteiger partial charge in [-0.25, -0.2) is 4.98 Å². The van der Waals surface area contributed by atoms with Gasteiger partial charge in [-0.3, -0.25) is 4.79 Å². The van der Waals surface area contributed by atoms with Gasteiger partial charge in [0, 0.05) is 29.6 Å². The number of ketones is 1. The molecule has 1 aromatic heterocycles. The first kappa shape index (κ1) is 9.33. The molecule has 0 bridgehead atoms. The number of nitrogens with zero attached hydrogens (tertiary/aromatic N) is 2. The lowest BCUT2D eigenvalue weighted by Gasteiger charge is -2.04. The number of benzene rings is 1. The van der Waals surface area contributed by atoms with E-state index in [9.17, 15) is 4.79 Å². The third-order valence-electron chi connectivity index (χ3n) is 3.13. The molecule has 0 N–H and O–H groups in total. The zero-order valence-corrected chi connectivity index (χ0v) is 9.05. The highest BCUT2D eigenvalue weighted by Gasteiger charge is 2.26. The van der Waals surface area contributed by atoms with E-state index in [2.05, 4.69) is 11.1 Å². The van der Waals surface area contributed by atoms with E-state index >= 15 is 0 Å². The highest BCUT2D eigenvalue weighted by atomic mass is 16.1. The molecule has 0 radical (unpaired) electrons. The van der Waals surface area contributed by atoms with E-state index in [4.69, 9.17) is 0 Å². The minimum atomic E-state index is 0.132. The van der Waals surface area contributed by atoms with Crippen molar-refractivity contribution in [3.05, 3.63) is 48.0 Å². The number of aromatic nitrogens is 2. The Morgan fingerprint density at radius 3 is 3.06 bits per heavy atom. The Balaban J connectivity index is 2.09. The number of carbonyl (C=O) groups excluding carboxylic acids is 1. The average molecular weight is 212 g/mol. The second-order valence-electron chi connectivity index (χ2n) is 4.28. The third-order valence-corrected chi connectivity index (χ3v) is 3.13. The topological polar surface area (TPSA) is 34.9 Å². The zero-order chi connectivity index (χ0) is 11.1. The van der Waals surface area contributed by atoms with Crippen LogP contribution in [0.4, 0.5) is 0 Å². The lowest BCUT2D eigenvalue weighted by Crippen LogP contribution is -2.02. The van der Waals surface area contributed by atoms with Gasteiger partial charge in [-0.15, -0.1) is 0 Å². The summed E-state index contributed by atoms with van der Waals surface area (Å²) in [4.78, 5) is 15.8. The van der Waals surface area contributed by atoms with Crippen LogP contribution in [0.2, 0.25) is 0 Å². The Morgan fingerprint density at radius 2 is 2.31 bits per heavy atom. The van der Waals surface area contributed by atoms with E-state index < -0.39 is 0 Å². The van der Waals surface area contributed by atoms with Crippen molar-refractivity contribution >= 4 is 5.78 Å². The summed E-state index contributed by atoms with van der Waals surface area (Å²) in [6, 6.07) is 5.98. The molecule has 16 heavy (non-hydrogen) atoms. The van der Waals surface area contributed by atoms with Crippen molar-refractivity contribution in [2.45, 2.75) is 13.3 Å². The van der Waals surface area contributed by atoms with Crippen LogP contribution >= 0.6 is 0 Å². The lowest BCUT2D eigenvalue weighted by molar-refractivity contribution is 0.0946. The number of hydrogen-bond acceptors (Lipinski definition) is 2. The summed E-state index contributed by atoms with van der Waals surface area (Å²) in [6.45, 7) is 1.99. The average Bonchev–Trinajstić information content (AvgIpc) is 2.88. The lowest BCUT2D eigenvalue weighted by atomic mass is 10.1. The smallest absolute Gasteiger partial charge is 0.166 e. The fraction of sp³-hybridized carbons (Fsp3) is 0.231. The van der Waals surface area contributed by atoms with Crippen LogP contribution in [0.15, 0.2) is 36.9 Å². The number of Topliss-reactive ketones (excluding diaryl/α,β-unsaturated/α-hetero) is 1. The van der Waals surface area contributed by atoms with Gasteiger partial charge >= 0.3 is 0 Å². The SMILES string of the molecule is CC1Cc2cc(-n3ccnc3)ccc2C1=O. The van der Waals surface area contributed by atoms with Gasteiger partial charge in [0.05, 0.1) is 6.33 Å². The van der Waals surface area contributed by atoms with Gasteiger partial charge in [0.15, 0.2) is 5.78 Å². The second kappa shape index (κ2) is 3.30. The van der Waals surface area contributed by atoms with Crippen LogP contribution in [0.5, 0.6) is 0 Å². The molecule has 1 aliphatic rings. The van der Waals surface area contributed by atoms with Crippen molar-refractivity contribution in [1.82, 2.24) is 9.55 Å². The molecule has 1 aliphatic carbocycles. The number of rotatable bonds is 1. The number of fused-ring (bicyclic) bond motifs is 1. The van der Waals surface area contributed by atoms with Gasteiger partial charge in [0.2, 0.25) is 0 Å². The van der Waals surface area contributed by atoms with E-state index in [0.29, 0.717) is 0 Å². The van der Waals surface area contributed by atoms with Crippen molar-refractivity contribution in [2.24, 2.45) is 5.92 Å². The monoisotopic (exact) mass is 212 g/mol. The van der Waals surface area contributed by atoms with E-state index in [0.717, 1.165) is 23.2 Å². The number of hydrogen-bond donors (Lipinski definition) is 0. The Kier molecular flexibility index (Phi) is 1.93. The van der Waals surface area contributed by atoms with E-state index in [1.54, 1.807) is 12.5 Å². The van der Waals surface area contributed by atoms with Crippen molar-refractivity contribution in [3.63, 3.8) is 0 Å². The van der Waals surface area contributed by atoms with Gasteiger partial charge in [0.25, 0.3) is 0 Å². The summed E-state index contributed by atoms with van der Waals surface area (Å²) >= 11 is 0. The normalized spacial score (nSPS) is 18.8. The zero-order valence-electron chi connectivity index (χ0n) is 9.05. The predicted octanol–water partition coefficient (Wildman–Crippen LogP) is 2.25. The molecule has 1 unspecified atom stereocenters. The Morgan fingerprint density at radius 1 is 1.44 bits per heavy atom. The molecule has 1 heterocycles. The van der Waals surface area contributed by atoms with Gasteiger partial charge in [-0.2, -0.15) is 0 Å². The Labute approximate surface area is 93.7 Å². The largest absolute Gasteiger partial charge is 0.306 e. The summed E-state index contributed by atoms with van der Waals surface area (Å²) in [5.41, 5.74) is 3.11. The van der Waals surface area contributed by atoms with Gasteiger partial charge in [0.1, 0.15) is 0 Å². The molecule has 0 aliphatic heterocycles. The quantitative estimate of drug-likeness (QED) is 0.726. The fourth-order valence-corrected chi connectivity index (χ4v) is 2.25. The molecular weight excluding hydrogens is 200 g/mol. The standard InChI is InChI=1S/C13H12N2O/c1-9-6-10-7-11(15-5-4-14-8-15)2-3-12(10)13(9)16/h2-5,7-9H,6H2,1H3. The minimum absolute atomic E-state index is 0.132. The van der Waals surface area contributed by atoms with Crippen molar-refractivity contribution in [2.75, 3.05) is 0 Å². The van der Waals surface area contributed by atoms with Crippen LogP contribution in [0.3, 0.4) is 0 Å². The first-order chi connectivity index (χ1) is 7.75. The van der Waals surface area contributed by atoms with Crippen LogP contribution in [-0.4, -0.2) is 15.3 Å². The molecule has 0 saturated heterocycles. The Bertz CT molecular complexity index is 543. The van der Waals surface area contributed by atoms with Crippen LogP contribution in [0, 0.1) is 5.92 Å². The summed E-state index contributed by atoms with van der Waals surface area (Å²) in [7, 11) is 0. The summed E-state index contributed by atoms with van der Waals surface area (Å²) in [5, 5.41) is 0. The van der Waals surface area contributed by atoms with Crippen molar-refractivity contribution in [3.8, 4) is 5.69 Å². The van der Waals surface area contributed by atoms with E-state index in [1.807, 2.05) is 29.8 Å². The summed E-state index contributed by atoms with van der Waals surface area (Å²) in [5.74, 6) is 0.403. The molecule has 0 spiro atoms. The molecule has 1 atom stereocenters. The number of imidazole rings is 1. The van der Waals surface area contributed by atoms with Gasteiger partial charge in [-0.05, 0) is 30.2 Å². The van der Waals surface area contributed by atoms with Crippen LogP contribution in [-0.2, 0) is 6.42 Å².